The Balaban J connectivity index is 2.17. The minimum absolute atomic E-state index is 0.0359. The molecule has 0 aliphatic rings. The molecule has 0 aliphatic carbocycles. The number of benzene rings is 1. The zero-order valence-electron chi connectivity index (χ0n) is 10.7. The van der Waals surface area contributed by atoms with E-state index in [-0.39, 0.29) is 22.8 Å². The van der Waals surface area contributed by atoms with Crippen molar-refractivity contribution in [3.63, 3.8) is 0 Å². The summed E-state index contributed by atoms with van der Waals surface area (Å²) in [5, 5.41) is 7.76. The van der Waals surface area contributed by atoms with Crippen molar-refractivity contribution in [2.75, 3.05) is 7.05 Å². The van der Waals surface area contributed by atoms with Crippen molar-refractivity contribution >= 4 is 17.5 Å². The van der Waals surface area contributed by atoms with Crippen LogP contribution in [0, 0.1) is 0 Å². The molecule has 1 aromatic heterocycles. The van der Waals surface area contributed by atoms with Gasteiger partial charge in [0.15, 0.2) is 10.8 Å². The van der Waals surface area contributed by atoms with Crippen molar-refractivity contribution in [2.45, 2.75) is 13.0 Å². The molecule has 0 N–H and O–H groups in total. The van der Waals surface area contributed by atoms with E-state index in [1.807, 2.05) is 37.3 Å². The molecule has 2 aromatic rings. The standard InChI is InChI=1S/C14H14ClN3O/c1-10(11-6-4-3-5-7-11)18(2)14(19)12-8-9-13(15)17-16-12/h3-10H,1-2H3. The molecule has 4 nitrogen and oxygen atoms in total. The number of halogens is 1. The van der Waals surface area contributed by atoms with Crippen LogP contribution in [-0.2, 0) is 0 Å². The van der Waals surface area contributed by atoms with E-state index in [9.17, 15) is 4.79 Å². The van der Waals surface area contributed by atoms with E-state index in [0.717, 1.165) is 5.56 Å². The van der Waals surface area contributed by atoms with Gasteiger partial charge in [-0.25, -0.2) is 0 Å². The topological polar surface area (TPSA) is 46.1 Å². The predicted octanol–water partition coefficient (Wildman–Crippen LogP) is 2.96. The Labute approximate surface area is 117 Å². The fraction of sp³-hybridized carbons (Fsp3) is 0.214. The molecule has 19 heavy (non-hydrogen) atoms. The maximum absolute atomic E-state index is 12.3. The molecule has 0 radical (unpaired) electrons. The van der Waals surface area contributed by atoms with Crippen LogP contribution in [0.15, 0.2) is 42.5 Å². The highest BCUT2D eigenvalue weighted by Gasteiger charge is 2.20. The second-order valence-corrected chi connectivity index (χ2v) is 4.63. The van der Waals surface area contributed by atoms with Crippen LogP contribution in [0.25, 0.3) is 0 Å². The molecular weight excluding hydrogens is 262 g/mol. The van der Waals surface area contributed by atoms with E-state index in [0.29, 0.717) is 0 Å². The highest BCUT2D eigenvalue weighted by atomic mass is 35.5. The Bertz CT molecular complexity index is 557. The molecular formula is C14H14ClN3O. The van der Waals surface area contributed by atoms with Gasteiger partial charge in [0.2, 0.25) is 0 Å². The number of hydrogen-bond acceptors (Lipinski definition) is 3. The van der Waals surface area contributed by atoms with E-state index in [4.69, 9.17) is 11.6 Å². The maximum atomic E-state index is 12.3. The number of carbonyl (C=O) groups excluding carboxylic acids is 1. The average molecular weight is 276 g/mol. The molecule has 0 spiro atoms. The summed E-state index contributed by atoms with van der Waals surface area (Å²) in [5.41, 5.74) is 1.36. The molecule has 5 heteroatoms. The summed E-state index contributed by atoms with van der Waals surface area (Å²) >= 11 is 5.66. The highest BCUT2D eigenvalue weighted by Crippen LogP contribution is 2.19. The Morgan fingerprint density at radius 1 is 1.16 bits per heavy atom. The van der Waals surface area contributed by atoms with Crippen LogP contribution in [0.1, 0.15) is 29.0 Å². The number of hydrogen-bond donors (Lipinski definition) is 0. The third kappa shape index (κ3) is 3.09. The van der Waals surface area contributed by atoms with Crippen LogP contribution >= 0.6 is 11.6 Å². The SMILES string of the molecule is CC(c1ccccc1)N(C)C(=O)c1ccc(Cl)nn1. The van der Waals surface area contributed by atoms with Crippen molar-refractivity contribution in [3.8, 4) is 0 Å². The molecule has 2 rings (SSSR count). The van der Waals surface area contributed by atoms with Gasteiger partial charge in [-0.15, -0.1) is 10.2 Å². The number of amides is 1. The normalized spacial score (nSPS) is 11.9. The van der Waals surface area contributed by atoms with Gasteiger partial charge in [0, 0.05) is 7.05 Å². The van der Waals surface area contributed by atoms with Gasteiger partial charge >= 0.3 is 0 Å². The Hall–Kier alpha value is -1.94. The number of nitrogens with zero attached hydrogens (tertiary/aromatic N) is 3. The lowest BCUT2D eigenvalue weighted by Crippen LogP contribution is -2.30. The van der Waals surface area contributed by atoms with Gasteiger partial charge in [-0.05, 0) is 24.6 Å². The van der Waals surface area contributed by atoms with Crippen LogP contribution < -0.4 is 0 Å². The monoisotopic (exact) mass is 275 g/mol. The Morgan fingerprint density at radius 3 is 2.42 bits per heavy atom. The van der Waals surface area contributed by atoms with Gasteiger partial charge in [0.05, 0.1) is 6.04 Å². The molecule has 1 unspecified atom stereocenters. The molecule has 1 heterocycles. The molecule has 1 atom stereocenters. The predicted molar refractivity (Wildman–Crippen MR) is 74.0 cm³/mol. The Kier molecular flexibility index (Phi) is 4.12. The number of aromatic nitrogens is 2. The van der Waals surface area contributed by atoms with Gasteiger partial charge in [-0.2, -0.15) is 0 Å². The first kappa shape index (κ1) is 13.5. The number of rotatable bonds is 3. The van der Waals surface area contributed by atoms with Gasteiger partial charge in [0.25, 0.3) is 5.91 Å². The Morgan fingerprint density at radius 2 is 1.84 bits per heavy atom. The summed E-state index contributed by atoms with van der Waals surface area (Å²) in [4.78, 5) is 13.9. The van der Waals surface area contributed by atoms with Crippen LogP contribution in [0.3, 0.4) is 0 Å². The molecule has 98 valence electrons. The largest absolute Gasteiger partial charge is 0.334 e. The fourth-order valence-corrected chi connectivity index (χ4v) is 1.84. The van der Waals surface area contributed by atoms with E-state index < -0.39 is 0 Å². The summed E-state index contributed by atoms with van der Waals surface area (Å²) in [6.45, 7) is 1.97. The van der Waals surface area contributed by atoms with Crippen LogP contribution in [0.2, 0.25) is 5.15 Å². The van der Waals surface area contributed by atoms with Crippen LogP contribution in [0.5, 0.6) is 0 Å². The minimum atomic E-state index is -0.180. The summed E-state index contributed by atoms with van der Waals surface area (Å²) in [5.74, 6) is -0.180. The second kappa shape index (κ2) is 5.80. The lowest BCUT2D eigenvalue weighted by atomic mass is 10.1. The molecule has 0 fully saturated rings. The maximum Gasteiger partial charge on any atom is 0.274 e. The van der Waals surface area contributed by atoms with Gasteiger partial charge in [-0.3, -0.25) is 4.79 Å². The summed E-state index contributed by atoms with van der Waals surface area (Å²) in [7, 11) is 1.75. The van der Waals surface area contributed by atoms with Crippen LogP contribution in [0.4, 0.5) is 0 Å². The van der Waals surface area contributed by atoms with Gasteiger partial charge < -0.3 is 4.90 Å². The van der Waals surface area contributed by atoms with Crippen molar-refractivity contribution in [1.29, 1.82) is 0 Å². The smallest absolute Gasteiger partial charge is 0.274 e. The fourth-order valence-electron chi connectivity index (χ4n) is 1.74. The van der Waals surface area contributed by atoms with Crippen molar-refractivity contribution in [3.05, 3.63) is 58.9 Å². The van der Waals surface area contributed by atoms with Crippen molar-refractivity contribution < 1.29 is 4.79 Å². The highest BCUT2D eigenvalue weighted by molar-refractivity contribution is 6.29. The second-order valence-electron chi connectivity index (χ2n) is 4.24. The first-order valence-corrected chi connectivity index (χ1v) is 6.28. The molecule has 1 amide bonds. The van der Waals surface area contributed by atoms with E-state index in [1.165, 1.54) is 0 Å². The summed E-state index contributed by atoms with van der Waals surface area (Å²) < 4.78 is 0. The van der Waals surface area contributed by atoms with E-state index >= 15 is 0 Å². The lowest BCUT2D eigenvalue weighted by molar-refractivity contribution is 0.0735. The minimum Gasteiger partial charge on any atom is -0.334 e. The molecule has 0 saturated carbocycles. The first-order chi connectivity index (χ1) is 9.09. The first-order valence-electron chi connectivity index (χ1n) is 5.91. The lowest BCUT2D eigenvalue weighted by Gasteiger charge is -2.24. The zero-order valence-corrected chi connectivity index (χ0v) is 11.5. The molecule has 1 aromatic carbocycles. The molecule has 0 bridgehead atoms. The summed E-state index contributed by atoms with van der Waals surface area (Å²) in [6, 6.07) is 12.9. The molecule has 0 aliphatic heterocycles. The number of carbonyl (C=O) groups is 1. The van der Waals surface area contributed by atoms with Crippen molar-refractivity contribution in [1.82, 2.24) is 15.1 Å². The zero-order chi connectivity index (χ0) is 13.8. The third-order valence-electron chi connectivity index (χ3n) is 3.03. The van der Waals surface area contributed by atoms with Crippen LogP contribution in [-0.4, -0.2) is 28.1 Å². The van der Waals surface area contributed by atoms with Gasteiger partial charge in [0.1, 0.15) is 0 Å². The quantitative estimate of drug-likeness (QED) is 0.865. The summed E-state index contributed by atoms with van der Waals surface area (Å²) in [6.07, 6.45) is 0. The molecule has 0 saturated heterocycles. The average Bonchev–Trinajstić information content (AvgIpc) is 2.46. The van der Waals surface area contributed by atoms with E-state index in [2.05, 4.69) is 10.2 Å². The van der Waals surface area contributed by atoms with E-state index in [1.54, 1.807) is 24.1 Å². The van der Waals surface area contributed by atoms with Crippen molar-refractivity contribution in [2.24, 2.45) is 0 Å². The van der Waals surface area contributed by atoms with Gasteiger partial charge in [-0.1, -0.05) is 41.9 Å². The third-order valence-corrected chi connectivity index (χ3v) is 3.24.